The number of benzene rings is 2. The van der Waals surface area contributed by atoms with Gasteiger partial charge in [0, 0.05) is 18.7 Å². The Kier molecular flexibility index (Phi) is 7.87. The van der Waals surface area contributed by atoms with E-state index < -0.39 is 21.8 Å². The highest BCUT2D eigenvalue weighted by atomic mass is 32.2. The van der Waals surface area contributed by atoms with Gasteiger partial charge in [0.25, 0.3) is 11.8 Å². The van der Waals surface area contributed by atoms with Crippen molar-refractivity contribution in [3.63, 3.8) is 0 Å². The minimum atomic E-state index is -3.67. The molecule has 2 amide bonds. The number of carbonyl (C=O) groups is 2. The van der Waals surface area contributed by atoms with Crippen LogP contribution in [0.5, 0.6) is 5.75 Å². The van der Waals surface area contributed by atoms with E-state index in [1.54, 1.807) is 6.07 Å². The Bertz CT molecular complexity index is 1080. The molecule has 2 aromatic carbocycles. The van der Waals surface area contributed by atoms with Crippen molar-refractivity contribution in [1.82, 2.24) is 15.2 Å². The first-order chi connectivity index (χ1) is 15.3. The SMILES string of the molecule is Cc1ccc(OCC(=O)NNC(=O)c2cccc(S(=O)(=O)N3CCCCCC3)c2)cc1C. The summed E-state index contributed by atoms with van der Waals surface area (Å²) in [5, 5.41) is 0. The lowest BCUT2D eigenvalue weighted by atomic mass is 10.1. The molecule has 1 aliphatic heterocycles. The third kappa shape index (κ3) is 6.08. The number of hydrogen-bond acceptors (Lipinski definition) is 5. The molecule has 172 valence electrons. The predicted molar refractivity (Wildman–Crippen MR) is 121 cm³/mol. The fourth-order valence-corrected chi connectivity index (χ4v) is 4.98. The zero-order valence-electron chi connectivity index (χ0n) is 18.4. The summed E-state index contributed by atoms with van der Waals surface area (Å²) in [6, 6.07) is 11.3. The second kappa shape index (κ2) is 10.6. The Morgan fingerprint density at radius 3 is 2.34 bits per heavy atom. The Labute approximate surface area is 189 Å². The molecular weight excluding hydrogens is 430 g/mol. The molecule has 3 rings (SSSR count). The van der Waals surface area contributed by atoms with E-state index >= 15 is 0 Å². The van der Waals surface area contributed by atoms with Crippen LogP contribution < -0.4 is 15.6 Å². The van der Waals surface area contributed by atoms with Crippen LogP contribution in [0.25, 0.3) is 0 Å². The summed E-state index contributed by atoms with van der Waals surface area (Å²) < 4.78 is 32.8. The van der Waals surface area contributed by atoms with E-state index in [1.165, 1.54) is 28.6 Å². The lowest BCUT2D eigenvalue weighted by molar-refractivity contribution is -0.123. The zero-order chi connectivity index (χ0) is 23.1. The summed E-state index contributed by atoms with van der Waals surface area (Å²) >= 11 is 0. The largest absolute Gasteiger partial charge is 0.484 e. The van der Waals surface area contributed by atoms with Gasteiger partial charge in [-0.2, -0.15) is 4.31 Å². The number of nitrogens with one attached hydrogen (secondary N) is 2. The van der Waals surface area contributed by atoms with Crippen molar-refractivity contribution in [2.75, 3.05) is 19.7 Å². The third-order valence-corrected chi connectivity index (χ3v) is 7.36. The second-order valence-electron chi connectivity index (χ2n) is 7.88. The number of nitrogens with zero attached hydrogens (tertiary/aromatic N) is 1. The predicted octanol–water partition coefficient (Wildman–Crippen LogP) is 2.71. The average Bonchev–Trinajstić information content (AvgIpc) is 3.08. The summed E-state index contributed by atoms with van der Waals surface area (Å²) in [6.45, 7) is 4.62. The summed E-state index contributed by atoms with van der Waals surface area (Å²) in [7, 11) is -3.67. The maximum absolute atomic E-state index is 13.0. The zero-order valence-corrected chi connectivity index (χ0v) is 19.2. The van der Waals surface area contributed by atoms with E-state index in [9.17, 15) is 18.0 Å². The van der Waals surface area contributed by atoms with Crippen molar-refractivity contribution in [3.8, 4) is 5.75 Å². The highest BCUT2D eigenvalue weighted by molar-refractivity contribution is 7.89. The molecule has 1 fully saturated rings. The fraction of sp³-hybridized carbons (Fsp3) is 0.391. The molecule has 2 N–H and O–H groups in total. The van der Waals surface area contributed by atoms with Crippen molar-refractivity contribution in [2.45, 2.75) is 44.4 Å². The number of hydrogen-bond donors (Lipinski definition) is 2. The highest BCUT2D eigenvalue weighted by Gasteiger charge is 2.25. The lowest BCUT2D eigenvalue weighted by Gasteiger charge is -2.20. The van der Waals surface area contributed by atoms with Crippen LogP contribution in [0.15, 0.2) is 47.4 Å². The minimum Gasteiger partial charge on any atom is -0.484 e. The molecule has 0 unspecified atom stereocenters. The molecule has 32 heavy (non-hydrogen) atoms. The van der Waals surface area contributed by atoms with Crippen molar-refractivity contribution in [2.24, 2.45) is 0 Å². The molecule has 0 spiro atoms. The molecule has 0 atom stereocenters. The molecule has 1 aliphatic rings. The fourth-order valence-electron chi connectivity index (χ4n) is 3.42. The van der Waals surface area contributed by atoms with Crippen molar-refractivity contribution in [1.29, 1.82) is 0 Å². The summed E-state index contributed by atoms with van der Waals surface area (Å²) in [6.07, 6.45) is 3.69. The van der Waals surface area contributed by atoms with E-state index in [1.807, 2.05) is 26.0 Å². The first-order valence-electron chi connectivity index (χ1n) is 10.7. The molecule has 9 heteroatoms. The Morgan fingerprint density at radius 1 is 0.938 bits per heavy atom. The minimum absolute atomic E-state index is 0.0662. The van der Waals surface area contributed by atoms with E-state index in [-0.39, 0.29) is 17.1 Å². The topological polar surface area (TPSA) is 105 Å². The monoisotopic (exact) mass is 459 g/mol. The van der Waals surface area contributed by atoms with E-state index in [4.69, 9.17) is 4.74 Å². The molecule has 1 heterocycles. The summed E-state index contributed by atoms with van der Waals surface area (Å²) in [5.74, 6) is -0.594. The first kappa shape index (κ1) is 23.7. The van der Waals surface area contributed by atoms with Gasteiger partial charge in [0.15, 0.2) is 6.61 Å². The van der Waals surface area contributed by atoms with Crippen LogP contribution in [-0.4, -0.2) is 44.2 Å². The Morgan fingerprint density at radius 2 is 1.66 bits per heavy atom. The molecule has 0 radical (unpaired) electrons. The van der Waals surface area contributed by atoms with Gasteiger partial charge in [-0.3, -0.25) is 20.4 Å². The van der Waals surface area contributed by atoms with Gasteiger partial charge in [-0.05, 0) is 68.1 Å². The molecule has 0 bridgehead atoms. The van der Waals surface area contributed by atoms with Crippen LogP contribution in [0.2, 0.25) is 0 Å². The van der Waals surface area contributed by atoms with Gasteiger partial charge in [0.05, 0.1) is 4.90 Å². The number of ether oxygens (including phenoxy) is 1. The number of carbonyl (C=O) groups excluding carboxylic acids is 2. The van der Waals surface area contributed by atoms with Gasteiger partial charge >= 0.3 is 0 Å². The van der Waals surface area contributed by atoms with Gasteiger partial charge in [-0.25, -0.2) is 8.42 Å². The number of sulfonamides is 1. The smallest absolute Gasteiger partial charge is 0.276 e. The van der Waals surface area contributed by atoms with Crippen LogP contribution in [-0.2, 0) is 14.8 Å². The number of amides is 2. The molecular formula is C23H29N3O5S. The molecule has 8 nitrogen and oxygen atoms in total. The molecule has 0 saturated carbocycles. The highest BCUT2D eigenvalue weighted by Crippen LogP contribution is 2.21. The molecule has 1 saturated heterocycles. The van der Waals surface area contributed by atoms with Crippen molar-refractivity contribution < 1.29 is 22.7 Å². The average molecular weight is 460 g/mol. The van der Waals surface area contributed by atoms with E-state index in [2.05, 4.69) is 10.9 Å². The summed E-state index contributed by atoms with van der Waals surface area (Å²) in [4.78, 5) is 24.5. The quantitative estimate of drug-likeness (QED) is 0.647. The maximum atomic E-state index is 13.0. The van der Waals surface area contributed by atoms with Crippen LogP contribution in [0.4, 0.5) is 0 Å². The van der Waals surface area contributed by atoms with Crippen molar-refractivity contribution in [3.05, 3.63) is 59.2 Å². The van der Waals surface area contributed by atoms with Crippen LogP contribution in [0.3, 0.4) is 0 Å². The van der Waals surface area contributed by atoms with Crippen LogP contribution in [0.1, 0.15) is 47.2 Å². The van der Waals surface area contributed by atoms with Gasteiger partial charge < -0.3 is 4.74 Å². The van der Waals surface area contributed by atoms with Gasteiger partial charge in [-0.15, -0.1) is 0 Å². The standard InChI is InChI=1S/C23H29N3O5S/c1-17-10-11-20(14-18(17)2)31-16-22(27)24-25-23(28)19-8-7-9-21(15-19)32(29,30)26-12-5-3-4-6-13-26/h7-11,14-15H,3-6,12-13,16H2,1-2H3,(H,24,27)(H,25,28). The van der Waals surface area contributed by atoms with Gasteiger partial charge in [0.1, 0.15) is 5.75 Å². The number of aryl methyl sites for hydroxylation is 2. The van der Waals surface area contributed by atoms with Crippen LogP contribution in [0, 0.1) is 13.8 Å². The van der Waals surface area contributed by atoms with Gasteiger partial charge in [-0.1, -0.05) is 25.0 Å². The maximum Gasteiger partial charge on any atom is 0.276 e. The number of hydrazine groups is 1. The van der Waals surface area contributed by atoms with Gasteiger partial charge in [0.2, 0.25) is 10.0 Å². The lowest BCUT2D eigenvalue weighted by Crippen LogP contribution is -2.43. The normalized spacial score (nSPS) is 14.9. The molecule has 0 aromatic heterocycles. The van der Waals surface area contributed by atoms with E-state index in [0.717, 1.165) is 36.8 Å². The van der Waals surface area contributed by atoms with Crippen LogP contribution >= 0.6 is 0 Å². The third-order valence-electron chi connectivity index (χ3n) is 5.46. The Balaban J connectivity index is 1.57. The first-order valence-corrected chi connectivity index (χ1v) is 12.1. The Hall–Kier alpha value is -2.91. The molecule has 2 aromatic rings. The van der Waals surface area contributed by atoms with Crippen molar-refractivity contribution >= 4 is 21.8 Å². The second-order valence-corrected chi connectivity index (χ2v) is 9.82. The number of rotatable bonds is 6. The van der Waals surface area contributed by atoms with E-state index in [0.29, 0.717) is 18.8 Å². The molecule has 0 aliphatic carbocycles. The summed E-state index contributed by atoms with van der Waals surface area (Å²) in [5.41, 5.74) is 6.88.